The Kier molecular flexibility index (Phi) is 4.16. The maximum absolute atomic E-state index is 9.89. The average Bonchev–Trinajstić information content (AvgIpc) is 3.03. The molecule has 3 rings (SSSR count). The van der Waals surface area contributed by atoms with Gasteiger partial charge in [0.15, 0.2) is 5.44 Å². The van der Waals surface area contributed by atoms with Gasteiger partial charge in [0.2, 0.25) is 0 Å². The van der Waals surface area contributed by atoms with Gasteiger partial charge < -0.3 is 24.5 Å². The first-order valence-corrected chi connectivity index (χ1v) is 7.51. The summed E-state index contributed by atoms with van der Waals surface area (Å²) in [6.45, 7) is 0. The van der Waals surface area contributed by atoms with Gasteiger partial charge in [0.25, 0.3) is 0 Å². The second kappa shape index (κ2) is 6.07. The lowest BCUT2D eigenvalue weighted by Gasteiger charge is -2.34. The molecular weight excluding hydrogens is 294 g/mol. The minimum Gasteiger partial charge on any atom is -0.475 e. The lowest BCUT2D eigenvalue weighted by Crippen LogP contribution is -2.50. The molecule has 0 radical (unpaired) electrons. The molecule has 0 bridgehead atoms. The van der Waals surface area contributed by atoms with Crippen molar-refractivity contribution in [2.24, 2.45) is 0 Å². The van der Waals surface area contributed by atoms with Gasteiger partial charge >= 0.3 is 0 Å². The van der Waals surface area contributed by atoms with Crippen LogP contribution >= 0.6 is 11.8 Å². The molecule has 3 N–H and O–H groups in total. The van der Waals surface area contributed by atoms with E-state index in [1.165, 1.54) is 11.8 Å². The molecule has 1 aliphatic heterocycles. The molecule has 0 aliphatic carbocycles. The first-order valence-electron chi connectivity index (χ1n) is 6.46. The molecule has 2 aromatic rings. The van der Waals surface area contributed by atoms with E-state index in [9.17, 15) is 15.3 Å². The fourth-order valence-electron chi connectivity index (χ4n) is 2.05. The van der Waals surface area contributed by atoms with Gasteiger partial charge in [-0.05, 0) is 18.2 Å². The predicted octanol–water partition coefficient (Wildman–Crippen LogP) is 0.876. The standard InChI is InChI=1S/C14H15NO5S/c16-11-7-21-14(13(18)12(11)17)20-9-1-2-10(15-5-9)8-3-4-19-6-8/h1-6,11-14,16-18H,7H2/t11-,12+,13-,14-/m1/s1. The van der Waals surface area contributed by atoms with E-state index in [4.69, 9.17) is 9.15 Å². The Hall–Kier alpha value is -1.54. The quantitative estimate of drug-likeness (QED) is 0.774. The molecule has 0 saturated carbocycles. The second-order valence-electron chi connectivity index (χ2n) is 4.76. The van der Waals surface area contributed by atoms with Crippen molar-refractivity contribution in [2.45, 2.75) is 23.7 Å². The lowest BCUT2D eigenvalue weighted by molar-refractivity contribution is -0.0786. The zero-order chi connectivity index (χ0) is 14.8. The summed E-state index contributed by atoms with van der Waals surface area (Å²) in [6.07, 6.45) is 1.44. The normalized spacial score (nSPS) is 29.3. The van der Waals surface area contributed by atoms with Crippen molar-refractivity contribution in [1.82, 2.24) is 4.98 Å². The Morgan fingerprint density at radius 1 is 1.19 bits per heavy atom. The number of furan rings is 1. The van der Waals surface area contributed by atoms with Crippen LogP contribution in [0.1, 0.15) is 0 Å². The van der Waals surface area contributed by atoms with Crippen molar-refractivity contribution in [3.63, 3.8) is 0 Å². The van der Waals surface area contributed by atoms with E-state index in [-0.39, 0.29) is 0 Å². The van der Waals surface area contributed by atoms with Crippen molar-refractivity contribution in [3.8, 4) is 17.0 Å². The van der Waals surface area contributed by atoms with Gasteiger partial charge in [0, 0.05) is 11.3 Å². The van der Waals surface area contributed by atoms with E-state index < -0.39 is 23.7 Å². The van der Waals surface area contributed by atoms with Crippen molar-refractivity contribution in [2.75, 3.05) is 5.75 Å². The van der Waals surface area contributed by atoms with Crippen LogP contribution in [0.3, 0.4) is 0 Å². The molecule has 112 valence electrons. The number of aromatic nitrogens is 1. The summed E-state index contributed by atoms with van der Waals surface area (Å²) in [4.78, 5) is 4.26. The smallest absolute Gasteiger partial charge is 0.173 e. The lowest BCUT2D eigenvalue weighted by atomic mass is 10.1. The third-order valence-corrected chi connectivity index (χ3v) is 4.50. The maximum atomic E-state index is 9.89. The van der Waals surface area contributed by atoms with Crippen LogP contribution in [0.4, 0.5) is 0 Å². The van der Waals surface area contributed by atoms with E-state index >= 15 is 0 Å². The summed E-state index contributed by atoms with van der Waals surface area (Å²) in [5.74, 6) is 0.797. The Bertz CT molecular complexity index is 574. The minimum atomic E-state index is -1.20. The van der Waals surface area contributed by atoms with Crippen LogP contribution in [0.15, 0.2) is 41.3 Å². The SMILES string of the molecule is O[C@@H]1[C@@H](O)[C@H](Oc2ccc(-c3ccoc3)nc2)SC[C@H]1O. The van der Waals surface area contributed by atoms with Crippen molar-refractivity contribution < 1.29 is 24.5 Å². The fraction of sp³-hybridized carbons (Fsp3) is 0.357. The summed E-state index contributed by atoms with van der Waals surface area (Å²) >= 11 is 1.25. The Morgan fingerprint density at radius 3 is 2.71 bits per heavy atom. The number of aliphatic hydroxyl groups is 3. The number of ether oxygens (including phenoxy) is 1. The highest BCUT2D eigenvalue weighted by atomic mass is 32.2. The first-order chi connectivity index (χ1) is 10.1. The van der Waals surface area contributed by atoms with E-state index in [1.54, 1.807) is 36.9 Å². The van der Waals surface area contributed by atoms with E-state index in [2.05, 4.69) is 4.98 Å². The Morgan fingerprint density at radius 2 is 2.05 bits per heavy atom. The summed E-state index contributed by atoms with van der Waals surface area (Å²) in [7, 11) is 0. The number of aliphatic hydroxyl groups excluding tert-OH is 3. The van der Waals surface area contributed by atoms with Crippen LogP contribution in [0.5, 0.6) is 5.75 Å². The van der Waals surface area contributed by atoms with Gasteiger partial charge in [-0.25, -0.2) is 0 Å². The van der Waals surface area contributed by atoms with Crippen LogP contribution in [-0.2, 0) is 0 Å². The highest BCUT2D eigenvalue weighted by molar-refractivity contribution is 7.99. The number of hydrogen-bond acceptors (Lipinski definition) is 7. The number of hydrogen-bond donors (Lipinski definition) is 3. The summed E-state index contributed by atoms with van der Waals surface area (Å²) in [6, 6.07) is 5.33. The molecule has 21 heavy (non-hydrogen) atoms. The predicted molar refractivity (Wildman–Crippen MR) is 76.8 cm³/mol. The van der Waals surface area contributed by atoms with Crippen LogP contribution < -0.4 is 4.74 Å². The number of pyridine rings is 1. The third kappa shape index (κ3) is 3.06. The fourth-order valence-corrected chi connectivity index (χ4v) is 3.17. The van der Waals surface area contributed by atoms with Crippen molar-refractivity contribution >= 4 is 11.8 Å². The Balaban J connectivity index is 1.68. The molecule has 1 fully saturated rings. The summed E-state index contributed by atoms with van der Waals surface area (Å²) < 4.78 is 10.6. The second-order valence-corrected chi connectivity index (χ2v) is 5.89. The van der Waals surface area contributed by atoms with Crippen LogP contribution in [0.25, 0.3) is 11.3 Å². The summed E-state index contributed by atoms with van der Waals surface area (Å²) in [5.41, 5.74) is 0.987. The number of rotatable bonds is 3. The number of nitrogens with zero attached hydrogens (tertiary/aromatic N) is 1. The van der Waals surface area contributed by atoms with E-state index in [0.717, 1.165) is 11.3 Å². The molecule has 1 aliphatic rings. The largest absolute Gasteiger partial charge is 0.475 e. The average molecular weight is 309 g/mol. The van der Waals surface area contributed by atoms with Crippen LogP contribution in [0, 0.1) is 0 Å². The zero-order valence-corrected chi connectivity index (χ0v) is 11.8. The van der Waals surface area contributed by atoms with Crippen molar-refractivity contribution in [3.05, 3.63) is 36.9 Å². The number of thioether (sulfide) groups is 1. The molecule has 0 amide bonds. The van der Waals surface area contributed by atoms with E-state index in [1.807, 2.05) is 0 Å². The highest BCUT2D eigenvalue weighted by Gasteiger charge is 2.38. The molecule has 6 nitrogen and oxygen atoms in total. The van der Waals surface area contributed by atoms with Crippen LogP contribution in [-0.4, -0.2) is 49.8 Å². The van der Waals surface area contributed by atoms with Gasteiger partial charge in [-0.2, -0.15) is 0 Å². The van der Waals surface area contributed by atoms with Gasteiger partial charge in [0.05, 0.1) is 30.5 Å². The maximum Gasteiger partial charge on any atom is 0.173 e. The molecule has 0 spiro atoms. The molecule has 0 unspecified atom stereocenters. The molecule has 3 heterocycles. The molecule has 1 saturated heterocycles. The third-order valence-electron chi connectivity index (χ3n) is 3.26. The van der Waals surface area contributed by atoms with Gasteiger partial charge in [0.1, 0.15) is 18.0 Å². The molecule has 4 atom stereocenters. The topological polar surface area (TPSA) is 96.0 Å². The zero-order valence-electron chi connectivity index (χ0n) is 11.0. The summed E-state index contributed by atoms with van der Waals surface area (Å²) in [5, 5.41) is 29.0. The van der Waals surface area contributed by atoms with E-state index in [0.29, 0.717) is 11.5 Å². The Labute approximate surface area is 125 Å². The molecule has 7 heteroatoms. The molecule has 2 aromatic heterocycles. The molecular formula is C14H15NO5S. The highest BCUT2D eigenvalue weighted by Crippen LogP contribution is 2.29. The monoisotopic (exact) mass is 309 g/mol. The first kappa shape index (κ1) is 14.4. The van der Waals surface area contributed by atoms with Crippen LogP contribution in [0.2, 0.25) is 0 Å². The van der Waals surface area contributed by atoms with Gasteiger partial charge in [-0.3, -0.25) is 4.98 Å². The van der Waals surface area contributed by atoms with Gasteiger partial charge in [-0.1, -0.05) is 0 Å². The van der Waals surface area contributed by atoms with Gasteiger partial charge in [-0.15, -0.1) is 11.8 Å². The minimum absolute atomic E-state index is 0.309. The van der Waals surface area contributed by atoms with Crippen molar-refractivity contribution in [1.29, 1.82) is 0 Å². The molecule has 0 aromatic carbocycles.